The summed E-state index contributed by atoms with van der Waals surface area (Å²) in [5, 5.41) is 3.87. The molecule has 0 amide bonds. The third-order valence-electron chi connectivity index (χ3n) is 3.45. The van der Waals surface area contributed by atoms with Crippen LogP contribution in [0.4, 0.5) is 0 Å². The quantitative estimate of drug-likeness (QED) is 0.637. The Hall–Kier alpha value is -3.35. The van der Waals surface area contributed by atoms with E-state index < -0.39 is 5.97 Å². The molecule has 1 heterocycles. The molecule has 0 saturated carbocycles. The molecular weight excluding hydrogens is 324 g/mol. The number of hydrogen-bond acceptors (Lipinski definition) is 7. The highest BCUT2D eigenvalue weighted by molar-refractivity contribution is 5.90. The van der Waals surface area contributed by atoms with Crippen molar-refractivity contribution in [3.05, 3.63) is 60.0 Å². The number of aromatic nitrogens is 2. The molecule has 0 spiro atoms. The molecule has 0 aliphatic heterocycles. The minimum absolute atomic E-state index is 0.118. The molecule has 0 aliphatic carbocycles. The molecule has 25 heavy (non-hydrogen) atoms. The van der Waals surface area contributed by atoms with Gasteiger partial charge in [-0.3, -0.25) is 0 Å². The monoisotopic (exact) mass is 340 g/mol. The van der Waals surface area contributed by atoms with Crippen LogP contribution in [0.15, 0.2) is 53.1 Å². The van der Waals surface area contributed by atoms with Gasteiger partial charge in [0.05, 0.1) is 19.8 Å². The van der Waals surface area contributed by atoms with Gasteiger partial charge in [-0.15, -0.1) is 0 Å². The first-order valence-electron chi connectivity index (χ1n) is 7.48. The molecule has 0 unspecified atom stereocenters. The van der Waals surface area contributed by atoms with Gasteiger partial charge in [-0.05, 0) is 18.2 Å². The van der Waals surface area contributed by atoms with E-state index in [0.29, 0.717) is 22.9 Å². The van der Waals surface area contributed by atoms with Gasteiger partial charge in [0, 0.05) is 5.56 Å². The summed E-state index contributed by atoms with van der Waals surface area (Å²) in [7, 11) is 3.02. The van der Waals surface area contributed by atoms with Gasteiger partial charge in [-0.25, -0.2) is 4.79 Å². The number of carbonyl (C=O) groups excluding carboxylic acids is 1. The van der Waals surface area contributed by atoms with Crippen LogP contribution in [0.2, 0.25) is 0 Å². The fraction of sp³-hybridized carbons (Fsp3) is 0.167. The molecule has 0 N–H and O–H groups in total. The second-order valence-electron chi connectivity index (χ2n) is 5.02. The SMILES string of the molecule is COc1ccc(C(=O)OCc2nc(-c3ccccc3)no2)cc1OC. The lowest BCUT2D eigenvalue weighted by atomic mass is 10.2. The van der Waals surface area contributed by atoms with Crippen molar-refractivity contribution in [1.82, 2.24) is 10.1 Å². The van der Waals surface area contributed by atoms with Crippen LogP contribution in [0, 0.1) is 0 Å². The van der Waals surface area contributed by atoms with Crippen LogP contribution in [0.25, 0.3) is 11.4 Å². The Morgan fingerprint density at radius 1 is 1.04 bits per heavy atom. The lowest BCUT2D eigenvalue weighted by Gasteiger charge is -2.08. The summed E-state index contributed by atoms with van der Waals surface area (Å²) in [6, 6.07) is 14.2. The van der Waals surface area contributed by atoms with Crippen LogP contribution in [0.1, 0.15) is 16.2 Å². The Morgan fingerprint density at radius 3 is 2.52 bits per heavy atom. The molecule has 0 bridgehead atoms. The van der Waals surface area contributed by atoms with E-state index in [-0.39, 0.29) is 12.5 Å². The highest BCUT2D eigenvalue weighted by atomic mass is 16.6. The van der Waals surface area contributed by atoms with Crippen LogP contribution in [-0.4, -0.2) is 30.3 Å². The second kappa shape index (κ2) is 7.48. The number of methoxy groups -OCH3 is 2. The van der Waals surface area contributed by atoms with Crippen molar-refractivity contribution < 1.29 is 23.5 Å². The minimum atomic E-state index is -0.527. The smallest absolute Gasteiger partial charge is 0.338 e. The molecule has 2 aromatic carbocycles. The maximum Gasteiger partial charge on any atom is 0.338 e. The normalized spacial score (nSPS) is 10.3. The lowest BCUT2D eigenvalue weighted by Crippen LogP contribution is -2.06. The summed E-state index contributed by atoms with van der Waals surface area (Å²) in [6.45, 7) is -0.118. The molecule has 0 radical (unpaired) electrons. The Bertz CT molecular complexity index is 861. The van der Waals surface area contributed by atoms with E-state index >= 15 is 0 Å². The van der Waals surface area contributed by atoms with Gasteiger partial charge in [0.15, 0.2) is 18.1 Å². The largest absolute Gasteiger partial charge is 0.493 e. The number of hydrogen-bond donors (Lipinski definition) is 0. The number of ether oxygens (including phenoxy) is 3. The van der Waals surface area contributed by atoms with Crippen molar-refractivity contribution in [3.8, 4) is 22.9 Å². The third kappa shape index (κ3) is 3.77. The zero-order chi connectivity index (χ0) is 17.6. The van der Waals surface area contributed by atoms with Crippen molar-refractivity contribution >= 4 is 5.97 Å². The van der Waals surface area contributed by atoms with E-state index in [2.05, 4.69) is 10.1 Å². The van der Waals surface area contributed by atoms with Crippen LogP contribution in [-0.2, 0) is 11.3 Å². The maximum absolute atomic E-state index is 12.2. The lowest BCUT2D eigenvalue weighted by molar-refractivity contribution is 0.0429. The summed E-state index contributed by atoms with van der Waals surface area (Å²) in [5.74, 6) is 1.11. The van der Waals surface area contributed by atoms with Crippen molar-refractivity contribution in [2.45, 2.75) is 6.61 Å². The zero-order valence-corrected chi connectivity index (χ0v) is 13.8. The molecule has 3 aromatic rings. The Labute approximate surface area is 144 Å². The van der Waals surface area contributed by atoms with Crippen molar-refractivity contribution in [2.24, 2.45) is 0 Å². The molecular formula is C18H16N2O5. The van der Waals surface area contributed by atoms with Gasteiger partial charge in [-0.2, -0.15) is 4.98 Å². The topological polar surface area (TPSA) is 83.7 Å². The zero-order valence-electron chi connectivity index (χ0n) is 13.8. The number of benzene rings is 2. The second-order valence-corrected chi connectivity index (χ2v) is 5.02. The molecule has 0 aliphatic rings. The summed E-state index contributed by atoms with van der Waals surface area (Å²) >= 11 is 0. The summed E-state index contributed by atoms with van der Waals surface area (Å²) < 4.78 is 20.6. The maximum atomic E-state index is 12.2. The predicted molar refractivity (Wildman–Crippen MR) is 88.4 cm³/mol. The Balaban J connectivity index is 1.66. The molecule has 3 rings (SSSR count). The van der Waals surface area contributed by atoms with E-state index in [1.807, 2.05) is 30.3 Å². The van der Waals surface area contributed by atoms with Crippen LogP contribution in [0.3, 0.4) is 0 Å². The Kier molecular flexibility index (Phi) is 4.94. The number of carbonyl (C=O) groups is 1. The molecule has 128 valence electrons. The van der Waals surface area contributed by atoms with Gasteiger partial charge in [0.2, 0.25) is 5.82 Å². The van der Waals surface area contributed by atoms with Crippen LogP contribution in [0.5, 0.6) is 11.5 Å². The standard InChI is InChI=1S/C18H16N2O5/c1-22-14-9-8-13(10-15(14)23-2)18(21)24-11-16-19-17(20-25-16)12-6-4-3-5-7-12/h3-10H,11H2,1-2H3. The molecule has 7 heteroatoms. The molecule has 7 nitrogen and oxygen atoms in total. The van der Waals surface area contributed by atoms with Crippen LogP contribution >= 0.6 is 0 Å². The van der Waals surface area contributed by atoms with Gasteiger partial charge in [0.1, 0.15) is 0 Å². The van der Waals surface area contributed by atoms with Gasteiger partial charge in [0.25, 0.3) is 5.89 Å². The van der Waals surface area contributed by atoms with E-state index in [9.17, 15) is 4.79 Å². The van der Waals surface area contributed by atoms with E-state index in [1.54, 1.807) is 18.2 Å². The summed E-state index contributed by atoms with van der Waals surface area (Å²) in [4.78, 5) is 16.4. The summed E-state index contributed by atoms with van der Waals surface area (Å²) in [6.07, 6.45) is 0. The highest BCUT2D eigenvalue weighted by Crippen LogP contribution is 2.27. The van der Waals surface area contributed by atoms with E-state index in [4.69, 9.17) is 18.7 Å². The van der Waals surface area contributed by atoms with Gasteiger partial charge in [-0.1, -0.05) is 35.5 Å². The number of rotatable bonds is 6. The first-order chi connectivity index (χ1) is 12.2. The molecule has 0 fully saturated rings. The van der Waals surface area contributed by atoms with E-state index in [1.165, 1.54) is 14.2 Å². The highest BCUT2D eigenvalue weighted by Gasteiger charge is 2.14. The molecule has 0 saturated heterocycles. The average Bonchev–Trinajstić information content (AvgIpc) is 3.15. The van der Waals surface area contributed by atoms with Crippen molar-refractivity contribution in [3.63, 3.8) is 0 Å². The van der Waals surface area contributed by atoms with Gasteiger partial charge >= 0.3 is 5.97 Å². The predicted octanol–water partition coefficient (Wildman–Crippen LogP) is 3.11. The first-order valence-corrected chi connectivity index (χ1v) is 7.48. The van der Waals surface area contributed by atoms with Crippen molar-refractivity contribution in [2.75, 3.05) is 14.2 Å². The fourth-order valence-electron chi connectivity index (χ4n) is 2.19. The minimum Gasteiger partial charge on any atom is -0.493 e. The third-order valence-corrected chi connectivity index (χ3v) is 3.45. The number of esters is 1. The molecule has 1 aromatic heterocycles. The Morgan fingerprint density at radius 2 is 1.80 bits per heavy atom. The average molecular weight is 340 g/mol. The van der Waals surface area contributed by atoms with E-state index in [0.717, 1.165) is 5.56 Å². The number of nitrogens with zero attached hydrogens (tertiary/aromatic N) is 2. The van der Waals surface area contributed by atoms with Gasteiger partial charge < -0.3 is 18.7 Å². The molecule has 0 atom stereocenters. The first kappa shape index (κ1) is 16.5. The summed E-state index contributed by atoms with van der Waals surface area (Å²) in [5.41, 5.74) is 1.16. The fourth-order valence-corrected chi connectivity index (χ4v) is 2.19. The van der Waals surface area contributed by atoms with Crippen LogP contribution < -0.4 is 9.47 Å². The van der Waals surface area contributed by atoms with Crippen molar-refractivity contribution in [1.29, 1.82) is 0 Å².